The van der Waals surface area contributed by atoms with E-state index in [9.17, 15) is 4.79 Å². The summed E-state index contributed by atoms with van der Waals surface area (Å²) in [6.45, 7) is 6.79. The maximum absolute atomic E-state index is 12.2. The van der Waals surface area contributed by atoms with E-state index in [1.165, 1.54) is 24.8 Å². The first kappa shape index (κ1) is 21.1. The van der Waals surface area contributed by atoms with E-state index in [0.717, 1.165) is 49.7 Å². The fraction of sp³-hybridized carbons (Fsp3) is 0.478. The van der Waals surface area contributed by atoms with E-state index in [1.807, 2.05) is 30.5 Å². The molecule has 6 nitrogen and oxygen atoms in total. The number of carbonyl (C=O) groups excluding carboxylic acids is 1. The van der Waals surface area contributed by atoms with Crippen LogP contribution in [-0.4, -0.2) is 49.1 Å². The monoisotopic (exact) mass is 395 g/mol. The molecule has 6 heteroatoms. The number of hydrogen-bond donors (Lipinski definition) is 2. The molecule has 3 rings (SSSR count). The number of aryl methyl sites for hydroxylation is 1. The van der Waals surface area contributed by atoms with E-state index >= 15 is 0 Å². The van der Waals surface area contributed by atoms with E-state index in [-0.39, 0.29) is 6.03 Å². The van der Waals surface area contributed by atoms with E-state index in [4.69, 9.17) is 0 Å². The van der Waals surface area contributed by atoms with Crippen LogP contribution in [0.4, 0.5) is 16.3 Å². The normalized spacial score (nSPS) is 14.6. The summed E-state index contributed by atoms with van der Waals surface area (Å²) in [7, 11) is 2.15. The lowest BCUT2D eigenvalue weighted by Crippen LogP contribution is -2.44. The van der Waals surface area contributed by atoms with Crippen LogP contribution in [0.15, 0.2) is 42.6 Å². The molecule has 0 atom stereocenters. The summed E-state index contributed by atoms with van der Waals surface area (Å²) >= 11 is 0. The molecule has 0 unspecified atom stereocenters. The van der Waals surface area contributed by atoms with Crippen LogP contribution in [0.5, 0.6) is 0 Å². The van der Waals surface area contributed by atoms with Gasteiger partial charge in [0.2, 0.25) is 0 Å². The van der Waals surface area contributed by atoms with Gasteiger partial charge in [0.05, 0.1) is 0 Å². The summed E-state index contributed by atoms with van der Waals surface area (Å²) in [5.74, 6) is 1.00. The van der Waals surface area contributed by atoms with Gasteiger partial charge >= 0.3 is 6.03 Å². The van der Waals surface area contributed by atoms with Crippen LogP contribution in [0.3, 0.4) is 0 Å². The first-order valence-electron chi connectivity index (χ1n) is 10.7. The highest BCUT2D eigenvalue weighted by atomic mass is 16.2. The van der Waals surface area contributed by atoms with E-state index < -0.39 is 0 Å². The smallest absolute Gasteiger partial charge is 0.319 e. The molecule has 1 aromatic heterocycles. The number of nitrogens with zero attached hydrogens (tertiary/aromatic N) is 3. The summed E-state index contributed by atoms with van der Waals surface area (Å²) in [5, 5.41) is 5.79. The van der Waals surface area contributed by atoms with Gasteiger partial charge in [-0.2, -0.15) is 0 Å². The zero-order valence-corrected chi connectivity index (χ0v) is 17.7. The number of likely N-dealkylation sites (N-methyl/N-ethyl adjacent to an activating group) is 1. The number of urea groups is 1. The molecule has 1 saturated heterocycles. The molecule has 1 aliphatic rings. The lowest BCUT2D eigenvalue weighted by molar-refractivity contribution is 0.251. The lowest BCUT2D eigenvalue weighted by atomic mass is 10.1. The average molecular weight is 396 g/mol. The van der Waals surface area contributed by atoms with Gasteiger partial charge in [-0.3, -0.25) is 0 Å². The third-order valence-corrected chi connectivity index (χ3v) is 5.37. The predicted octanol–water partition coefficient (Wildman–Crippen LogP) is 3.89. The van der Waals surface area contributed by atoms with Crippen LogP contribution in [0, 0.1) is 0 Å². The van der Waals surface area contributed by atoms with Crippen molar-refractivity contribution in [2.24, 2.45) is 0 Å². The first-order valence-corrected chi connectivity index (χ1v) is 10.7. The predicted molar refractivity (Wildman–Crippen MR) is 119 cm³/mol. The summed E-state index contributed by atoms with van der Waals surface area (Å²) in [5.41, 5.74) is 3.12. The topological polar surface area (TPSA) is 60.5 Å². The molecule has 2 aromatic rings. The number of aromatic nitrogens is 1. The van der Waals surface area contributed by atoms with Crippen LogP contribution < -0.4 is 15.5 Å². The second-order valence-electron chi connectivity index (χ2n) is 7.78. The number of benzene rings is 1. The number of rotatable bonds is 8. The van der Waals surface area contributed by atoms with Gasteiger partial charge in [0.25, 0.3) is 0 Å². The number of pyridine rings is 1. The minimum absolute atomic E-state index is 0.202. The average Bonchev–Trinajstić information content (AvgIpc) is 2.75. The van der Waals surface area contributed by atoms with Crippen LogP contribution in [0.25, 0.3) is 0 Å². The molecular formula is C23H33N5O. The number of unbranched alkanes of at least 4 members (excludes halogenated alkanes) is 2. The molecule has 0 saturated carbocycles. The van der Waals surface area contributed by atoms with Crippen molar-refractivity contribution in [3.63, 3.8) is 0 Å². The van der Waals surface area contributed by atoms with Gasteiger partial charge in [0.15, 0.2) is 0 Å². The molecule has 2 heterocycles. The highest BCUT2D eigenvalue weighted by molar-refractivity contribution is 5.89. The Balaban J connectivity index is 1.42. The molecule has 1 aromatic carbocycles. The SMILES string of the molecule is CCCCCc1ccc(NC(=O)NCc2ccc(N3CCN(C)CC3)nc2)cc1. The fourth-order valence-electron chi connectivity index (χ4n) is 3.44. The maximum atomic E-state index is 12.2. The summed E-state index contributed by atoms with van der Waals surface area (Å²) in [6.07, 6.45) is 6.64. The molecule has 1 fully saturated rings. The Morgan fingerprint density at radius 1 is 1.00 bits per heavy atom. The highest BCUT2D eigenvalue weighted by Gasteiger charge is 2.15. The molecule has 0 spiro atoms. The Bertz CT molecular complexity index is 752. The molecular weight excluding hydrogens is 362 g/mol. The van der Waals surface area contributed by atoms with Crippen LogP contribution in [0.2, 0.25) is 0 Å². The van der Waals surface area contributed by atoms with Gasteiger partial charge in [0, 0.05) is 44.6 Å². The van der Waals surface area contributed by atoms with Crippen molar-refractivity contribution >= 4 is 17.5 Å². The van der Waals surface area contributed by atoms with Crippen LogP contribution >= 0.6 is 0 Å². The van der Waals surface area contributed by atoms with Crippen LogP contribution in [-0.2, 0) is 13.0 Å². The van der Waals surface area contributed by atoms with Crippen molar-refractivity contribution in [3.8, 4) is 0 Å². The summed E-state index contributed by atoms with van der Waals surface area (Å²) in [4.78, 5) is 21.4. The van der Waals surface area contributed by atoms with Gasteiger partial charge in [-0.05, 0) is 49.2 Å². The largest absolute Gasteiger partial charge is 0.354 e. The van der Waals surface area contributed by atoms with E-state index in [1.54, 1.807) is 0 Å². The Morgan fingerprint density at radius 2 is 1.72 bits per heavy atom. The zero-order chi connectivity index (χ0) is 20.5. The molecule has 2 amide bonds. The van der Waals surface area contributed by atoms with Gasteiger partial charge in [0.1, 0.15) is 5.82 Å². The van der Waals surface area contributed by atoms with Crippen molar-refractivity contribution < 1.29 is 4.79 Å². The lowest BCUT2D eigenvalue weighted by Gasteiger charge is -2.33. The molecule has 0 bridgehead atoms. The third kappa shape index (κ3) is 6.75. The van der Waals surface area contributed by atoms with E-state index in [0.29, 0.717) is 6.54 Å². The van der Waals surface area contributed by atoms with Gasteiger partial charge in [-0.25, -0.2) is 9.78 Å². The number of amides is 2. The number of hydrogen-bond acceptors (Lipinski definition) is 4. The molecule has 156 valence electrons. The van der Waals surface area contributed by atoms with Crippen molar-refractivity contribution in [2.75, 3.05) is 43.4 Å². The third-order valence-electron chi connectivity index (χ3n) is 5.37. The number of piperazine rings is 1. The second kappa shape index (κ2) is 10.8. The number of anilines is 2. The highest BCUT2D eigenvalue weighted by Crippen LogP contribution is 2.14. The second-order valence-corrected chi connectivity index (χ2v) is 7.78. The standard InChI is InChI=1S/C23H33N5O/c1-3-4-5-6-19-7-10-21(11-8-19)26-23(29)25-18-20-9-12-22(24-17-20)28-15-13-27(2)14-16-28/h7-12,17H,3-6,13-16,18H2,1-2H3,(H2,25,26,29). The number of nitrogens with one attached hydrogen (secondary N) is 2. The first-order chi connectivity index (χ1) is 14.1. The van der Waals surface area contributed by atoms with Crippen LogP contribution in [0.1, 0.15) is 37.3 Å². The summed E-state index contributed by atoms with van der Waals surface area (Å²) < 4.78 is 0. The Hall–Kier alpha value is -2.60. The quantitative estimate of drug-likeness (QED) is 0.666. The van der Waals surface area contributed by atoms with Gasteiger partial charge in [-0.15, -0.1) is 0 Å². The summed E-state index contributed by atoms with van der Waals surface area (Å²) in [6, 6.07) is 12.0. The van der Waals surface area contributed by atoms with Crippen molar-refractivity contribution in [2.45, 2.75) is 39.2 Å². The van der Waals surface area contributed by atoms with E-state index in [2.05, 4.69) is 51.5 Å². The molecule has 2 N–H and O–H groups in total. The maximum Gasteiger partial charge on any atom is 0.319 e. The van der Waals surface area contributed by atoms with Crippen molar-refractivity contribution in [3.05, 3.63) is 53.7 Å². The Morgan fingerprint density at radius 3 is 2.38 bits per heavy atom. The molecule has 0 radical (unpaired) electrons. The molecule has 1 aliphatic heterocycles. The van der Waals surface area contributed by atoms with Crippen molar-refractivity contribution in [1.82, 2.24) is 15.2 Å². The minimum Gasteiger partial charge on any atom is -0.354 e. The number of carbonyl (C=O) groups is 1. The zero-order valence-electron chi connectivity index (χ0n) is 17.7. The molecule has 0 aliphatic carbocycles. The van der Waals surface area contributed by atoms with Gasteiger partial charge < -0.3 is 20.4 Å². The minimum atomic E-state index is -0.202. The Kier molecular flexibility index (Phi) is 7.87. The molecule has 29 heavy (non-hydrogen) atoms. The van der Waals surface area contributed by atoms with Gasteiger partial charge in [-0.1, -0.05) is 38.0 Å². The Labute approximate surface area is 174 Å². The van der Waals surface area contributed by atoms with Crippen molar-refractivity contribution in [1.29, 1.82) is 0 Å². The fourth-order valence-corrected chi connectivity index (χ4v) is 3.44.